The molecule has 5 heteroatoms. The zero-order valence-electron chi connectivity index (χ0n) is 12.1. The number of benzene rings is 2. The van der Waals surface area contributed by atoms with Gasteiger partial charge >= 0.3 is 5.97 Å². The molecule has 0 bridgehead atoms. The first-order valence-electron chi connectivity index (χ1n) is 6.59. The van der Waals surface area contributed by atoms with Crippen molar-refractivity contribution in [3.05, 3.63) is 58.1 Å². The van der Waals surface area contributed by atoms with E-state index in [0.717, 1.165) is 5.56 Å². The van der Waals surface area contributed by atoms with Crippen LogP contribution in [0.2, 0.25) is 5.02 Å². The largest absolute Gasteiger partial charge is 0.493 e. The summed E-state index contributed by atoms with van der Waals surface area (Å²) < 4.78 is 15.8. The van der Waals surface area contributed by atoms with Crippen LogP contribution in [0.25, 0.3) is 11.8 Å². The van der Waals surface area contributed by atoms with E-state index in [0.29, 0.717) is 33.4 Å². The summed E-state index contributed by atoms with van der Waals surface area (Å²) in [5, 5.41) is 0.387. The van der Waals surface area contributed by atoms with E-state index >= 15 is 0 Å². The van der Waals surface area contributed by atoms with Crippen molar-refractivity contribution in [2.45, 2.75) is 0 Å². The predicted molar refractivity (Wildman–Crippen MR) is 84.3 cm³/mol. The van der Waals surface area contributed by atoms with E-state index in [9.17, 15) is 4.79 Å². The summed E-state index contributed by atoms with van der Waals surface area (Å²) in [6, 6.07) is 10.7. The van der Waals surface area contributed by atoms with Crippen LogP contribution in [0.3, 0.4) is 0 Å². The Morgan fingerprint density at radius 3 is 2.59 bits per heavy atom. The van der Waals surface area contributed by atoms with E-state index in [4.69, 9.17) is 25.8 Å². The van der Waals surface area contributed by atoms with Gasteiger partial charge in [-0.15, -0.1) is 0 Å². The lowest BCUT2D eigenvalue weighted by Crippen LogP contribution is -1.94. The molecule has 1 aliphatic heterocycles. The topological polar surface area (TPSA) is 44.8 Å². The average Bonchev–Trinajstić information content (AvgIpc) is 2.84. The van der Waals surface area contributed by atoms with Gasteiger partial charge in [0.2, 0.25) is 0 Å². The standard InChI is InChI=1S/C17H13ClO4/c1-20-13-7-6-10(9-15(13)21-2)8-14-11-4-3-5-12(18)16(11)17(19)22-14/h3-9H,1-2H3/b14-8-. The van der Waals surface area contributed by atoms with Crippen LogP contribution in [0.15, 0.2) is 36.4 Å². The summed E-state index contributed by atoms with van der Waals surface area (Å²) in [5.74, 6) is 1.27. The fourth-order valence-corrected chi connectivity index (χ4v) is 2.60. The second kappa shape index (κ2) is 5.73. The third-order valence-corrected chi connectivity index (χ3v) is 3.71. The van der Waals surface area contributed by atoms with Gasteiger partial charge in [0, 0.05) is 5.56 Å². The van der Waals surface area contributed by atoms with Crippen LogP contribution in [0.4, 0.5) is 0 Å². The second-order valence-corrected chi connectivity index (χ2v) is 5.08. The Kier molecular flexibility index (Phi) is 3.77. The third-order valence-electron chi connectivity index (χ3n) is 3.39. The molecule has 2 aromatic carbocycles. The van der Waals surface area contributed by atoms with Crippen LogP contribution in [0.5, 0.6) is 11.5 Å². The number of ether oxygens (including phenoxy) is 3. The van der Waals surface area contributed by atoms with Crippen molar-refractivity contribution in [2.75, 3.05) is 14.2 Å². The van der Waals surface area contributed by atoms with Gasteiger partial charge in [-0.2, -0.15) is 0 Å². The Bertz CT molecular complexity index is 780. The highest BCUT2D eigenvalue weighted by atomic mass is 35.5. The molecule has 1 heterocycles. The van der Waals surface area contributed by atoms with Crippen LogP contribution in [0.1, 0.15) is 21.5 Å². The first-order valence-corrected chi connectivity index (χ1v) is 6.96. The molecule has 0 spiro atoms. The fraction of sp³-hybridized carbons (Fsp3) is 0.118. The number of halogens is 1. The first-order chi connectivity index (χ1) is 10.6. The third kappa shape index (κ3) is 2.42. The van der Waals surface area contributed by atoms with Crippen molar-refractivity contribution in [3.63, 3.8) is 0 Å². The Morgan fingerprint density at radius 1 is 1.09 bits per heavy atom. The fourth-order valence-electron chi connectivity index (χ4n) is 2.34. The Morgan fingerprint density at radius 2 is 1.86 bits per heavy atom. The van der Waals surface area contributed by atoms with Crippen LogP contribution in [-0.4, -0.2) is 20.2 Å². The number of rotatable bonds is 3. The summed E-state index contributed by atoms with van der Waals surface area (Å²) in [4.78, 5) is 11.9. The minimum Gasteiger partial charge on any atom is -0.493 e. The molecule has 3 rings (SSSR count). The molecular formula is C17H13ClO4. The van der Waals surface area contributed by atoms with Crippen LogP contribution >= 0.6 is 11.6 Å². The SMILES string of the molecule is COc1ccc(/C=C2\OC(=O)c3c(Cl)cccc32)cc1OC. The normalized spacial score (nSPS) is 14.7. The van der Waals surface area contributed by atoms with E-state index in [1.54, 1.807) is 44.6 Å². The molecule has 0 N–H and O–H groups in total. The molecule has 0 atom stereocenters. The number of esters is 1. The van der Waals surface area contributed by atoms with Gasteiger partial charge in [-0.1, -0.05) is 29.8 Å². The number of fused-ring (bicyclic) bond motifs is 1. The number of cyclic esters (lactones) is 1. The highest BCUT2D eigenvalue weighted by Crippen LogP contribution is 2.36. The molecule has 0 aromatic heterocycles. The predicted octanol–water partition coefficient (Wildman–Crippen LogP) is 4.03. The molecule has 0 amide bonds. The molecule has 4 nitrogen and oxygen atoms in total. The molecular weight excluding hydrogens is 304 g/mol. The van der Waals surface area contributed by atoms with Crippen LogP contribution in [-0.2, 0) is 4.74 Å². The van der Waals surface area contributed by atoms with E-state index in [1.807, 2.05) is 12.1 Å². The van der Waals surface area contributed by atoms with Gasteiger partial charge in [-0.3, -0.25) is 0 Å². The van der Waals surface area contributed by atoms with Crippen molar-refractivity contribution in [1.82, 2.24) is 0 Å². The van der Waals surface area contributed by atoms with Gasteiger partial charge in [-0.25, -0.2) is 4.79 Å². The first kappa shape index (κ1) is 14.5. The monoisotopic (exact) mass is 316 g/mol. The maximum absolute atomic E-state index is 11.9. The van der Waals surface area contributed by atoms with Gasteiger partial charge in [0.1, 0.15) is 5.76 Å². The summed E-state index contributed by atoms with van der Waals surface area (Å²) in [7, 11) is 3.15. The van der Waals surface area contributed by atoms with Gasteiger partial charge < -0.3 is 14.2 Å². The lowest BCUT2D eigenvalue weighted by molar-refractivity contribution is 0.0717. The average molecular weight is 317 g/mol. The minimum atomic E-state index is -0.438. The van der Waals surface area contributed by atoms with Crippen molar-refractivity contribution < 1.29 is 19.0 Å². The van der Waals surface area contributed by atoms with E-state index < -0.39 is 5.97 Å². The second-order valence-electron chi connectivity index (χ2n) is 4.67. The maximum atomic E-state index is 11.9. The molecule has 0 radical (unpaired) electrons. The molecule has 2 aromatic rings. The number of hydrogen-bond acceptors (Lipinski definition) is 4. The molecule has 0 fully saturated rings. The number of methoxy groups -OCH3 is 2. The molecule has 22 heavy (non-hydrogen) atoms. The molecule has 0 saturated heterocycles. The van der Waals surface area contributed by atoms with Crippen LogP contribution in [0, 0.1) is 0 Å². The summed E-state index contributed by atoms with van der Waals surface area (Å²) >= 11 is 6.06. The van der Waals surface area contributed by atoms with Gasteiger partial charge in [0.05, 0.1) is 24.8 Å². The molecule has 1 aliphatic rings. The zero-order chi connectivity index (χ0) is 15.7. The number of carbonyl (C=O) groups excluding carboxylic acids is 1. The number of hydrogen-bond donors (Lipinski definition) is 0. The summed E-state index contributed by atoms with van der Waals surface area (Å²) in [5.41, 5.74) is 1.91. The lowest BCUT2D eigenvalue weighted by atomic mass is 10.1. The lowest BCUT2D eigenvalue weighted by Gasteiger charge is -2.08. The van der Waals surface area contributed by atoms with Gasteiger partial charge in [0.15, 0.2) is 11.5 Å². The Hall–Kier alpha value is -2.46. The van der Waals surface area contributed by atoms with Gasteiger partial charge in [-0.05, 0) is 29.8 Å². The summed E-state index contributed by atoms with van der Waals surface area (Å²) in [6.07, 6.45) is 1.77. The number of carbonyl (C=O) groups is 1. The quantitative estimate of drug-likeness (QED) is 0.802. The van der Waals surface area contributed by atoms with Crippen molar-refractivity contribution in [3.8, 4) is 11.5 Å². The highest BCUT2D eigenvalue weighted by molar-refractivity contribution is 6.34. The van der Waals surface area contributed by atoms with E-state index in [2.05, 4.69) is 0 Å². The molecule has 0 saturated carbocycles. The Labute approximate surface area is 132 Å². The van der Waals surface area contributed by atoms with Crippen molar-refractivity contribution in [2.24, 2.45) is 0 Å². The van der Waals surface area contributed by atoms with Gasteiger partial charge in [0.25, 0.3) is 0 Å². The smallest absolute Gasteiger partial charge is 0.345 e. The zero-order valence-corrected chi connectivity index (χ0v) is 12.8. The molecule has 0 aliphatic carbocycles. The Balaban J connectivity index is 2.05. The van der Waals surface area contributed by atoms with Crippen molar-refractivity contribution >= 4 is 29.4 Å². The van der Waals surface area contributed by atoms with E-state index in [1.165, 1.54) is 0 Å². The van der Waals surface area contributed by atoms with E-state index in [-0.39, 0.29) is 0 Å². The minimum absolute atomic E-state index is 0.387. The van der Waals surface area contributed by atoms with Crippen molar-refractivity contribution in [1.29, 1.82) is 0 Å². The maximum Gasteiger partial charge on any atom is 0.345 e. The molecule has 112 valence electrons. The summed E-state index contributed by atoms with van der Waals surface area (Å²) in [6.45, 7) is 0. The highest BCUT2D eigenvalue weighted by Gasteiger charge is 2.28. The molecule has 0 unspecified atom stereocenters. The van der Waals surface area contributed by atoms with Crippen LogP contribution < -0.4 is 9.47 Å².